The topological polar surface area (TPSA) is 56.2 Å². The summed E-state index contributed by atoms with van der Waals surface area (Å²) >= 11 is 1.73. The van der Waals surface area contributed by atoms with E-state index in [1.54, 1.807) is 11.3 Å². The monoisotopic (exact) mass is 244 g/mol. The van der Waals surface area contributed by atoms with Gasteiger partial charge in [-0.1, -0.05) is 0 Å². The van der Waals surface area contributed by atoms with Crippen LogP contribution in [0.25, 0.3) is 16.3 Å². The summed E-state index contributed by atoms with van der Waals surface area (Å²) in [6.45, 7) is 4.22. The summed E-state index contributed by atoms with van der Waals surface area (Å²) < 4.78 is 1.93. The van der Waals surface area contributed by atoms with Crippen molar-refractivity contribution in [1.82, 2.24) is 14.6 Å². The average molecular weight is 244 g/mol. The molecule has 0 bridgehead atoms. The first-order valence-corrected chi connectivity index (χ1v) is 6.14. The highest BCUT2D eigenvalue weighted by molar-refractivity contribution is 7.15. The molecule has 0 saturated heterocycles. The van der Waals surface area contributed by atoms with Crippen LogP contribution in [0.2, 0.25) is 0 Å². The van der Waals surface area contributed by atoms with E-state index < -0.39 is 0 Å². The maximum atomic E-state index is 5.79. The van der Waals surface area contributed by atoms with Gasteiger partial charge in [0.1, 0.15) is 0 Å². The highest BCUT2D eigenvalue weighted by atomic mass is 32.1. The highest BCUT2D eigenvalue weighted by Gasteiger charge is 2.11. The lowest BCUT2D eigenvalue weighted by atomic mass is 10.3. The Hall–Kier alpha value is -1.88. The molecular formula is C12H12N4S. The minimum Gasteiger partial charge on any atom is -0.398 e. The number of thiophene rings is 1. The number of fused-ring (bicyclic) bond motifs is 1. The molecule has 0 aliphatic carbocycles. The minimum absolute atomic E-state index is 0.712. The average Bonchev–Trinajstić information content (AvgIpc) is 2.83. The molecule has 86 valence electrons. The highest BCUT2D eigenvalue weighted by Crippen LogP contribution is 2.29. The van der Waals surface area contributed by atoms with Crippen molar-refractivity contribution >= 4 is 22.7 Å². The van der Waals surface area contributed by atoms with E-state index in [9.17, 15) is 0 Å². The zero-order valence-electron chi connectivity index (χ0n) is 9.64. The SMILES string of the molecule is Cc1cc(-c2nnc3ccc(N)cn23)sc1C. The first-order valence-electron chi connectivity index (χ1n) is 5.33. The molecule has 0 aliphatic heterocycles. The van der Waals surface area contributed by atoms with Gasteiger partial charge in [-0.05, 0) is 37.6 Å². The van der Waals surface area contributed by atoms with Crippen LogP contribution in [0, 0.1) is 13.8 Å². The van der Waals surface area contributed by atoms with Gasteiger partial charge >= 0.3 is 0 Å². The zero-order chi connectivity index (χ0) is 12.0. The lowest BCUT2D eigenvalue weighted by Crippen LogP contribution is -1.91. The van der Waals surface area contributed by atoms with Crippen LogP contribution >= 0.6 is 11.3 Å². The molecule has 0 amide bonds. The second kappa shape index (κ2) is 3.56. The molecule has 3 aromatic rings. The van der Waals surface area contributed by atoms with Crippen molar-refractivity contribution in [2.24, 2.45) is 0 Å². The smallest absolute Gasteiger partial charge is 0.178 e. The number of hydrogen-bond donors (Lipinski definition) is 1. The summed E-state index contributed by atoms with van der Waals surface area (Å²) in [6, 6.07) is 5.84. The molecule has 0 spiro atoms. The molecule has 0 aliphatic rings. The number of nitrogens with zero attached hydrogens (tertiary/aromatic N) is 3. The predicted molar refractivity (Wildman–Crippen MR) is 70.2 cm³/mol. The maximum Gasteiger partial charge on any atom is 0.178 e. The van der Waals surface area contributed by atoms with E-state index in [-0.39, 0.29) is 0 Å². The van der Waals surface area contributed by atoms with Crippen LogP contribution in [-0.2, 0) is 0 Å². The van der Waals surface area contributed by atoms with Crippen molar-refractivity contribution < 1.29 is 0 Å². The lowest BCUT2D eigenvalue weighted by molar-refractivity contribution is 1.12. The first kappa shape index (κ1) is 10.3. The second-order valence-electron chi connectivity index (χ2n) is 4.06. The second-order valence-corrected chi connectivity index (χ2v) is 5.32. The van der Waals surface area contributed by atoms with Crippen LogP contribution in [0.1, 0.15) is 10.4 Å². The van der Waals surface area contributed by atoms with E-state index >= 15 is 0 Å². The molecule has 17 heavy (non-hydrogen) atoms. The van der Waals surface area contributed by atoms with Crippen molar-refractivity contribution in [3.8, 4) is 10.7 Å². The Morgan fingerprint density at radius 1 is 1.24 bits per heavy atom. The van der Waals surface area contributed by atoms with Gasteiger partial charge in [0.25, 0.3) is 0 Å². The minimum atomic E-state index is 0.712. The van der Waals surface area contributed by atoms with E-state index in [2.05, 4.69) is 30.1 Å². The van der Waals surface area contributed by atoms with Gasteiger partial charge in [-0.2, -0.15) is 0 Å². The largest absolute Gasteiger partial charge is 0.398 e. The van der Waals surface area contributed by atoms with Crippen LogP contribution in [0.3, 0.4) is 0 Å². The Balaban J connectivity index is 2.26. The molecule has 0 atom stereocenters. The summed E-state index contributed by atoms with van der Waals surface area (Å²) in [7, 11) is 0. The number of nitrogen functional groups attached to an aromatic ring is 1. The lowest BCUT2D eigenvalue weighted by Gasteiger charge is -1.98. The quantitative estimate of drug-likeness (QED) is 0.716. The predicted octanol–water partition coefficient (Wildman–Crippen LogP) is 2.66. The Bertz CT molecular complexity index is 676. The van der Waals surface area contributed by atoms with Gasteiger partial charge < -0.3 is 5.73 Å². The van der Waals surface area contributed by atoms with Gasteiger partial charge in [0.15, 0.2) is 11.5 Å². The van der Waals surface area contributed by atoms with E-state index in [1.807, 2.05) is 22.7 Å². The van der Waals surface area contributed by atoms with E-state index in [1.165, 1.54) is 10.4 Å². The Morgan fingerprint density at radius 3 is 2.76 bits per heavy atom. The van der Waals surface area contributed by atoms with Crippen LogP contribution in [0.5, 0.6) is 0 Å². The molecule has 4 nitrogen and oxygen atoms in total. The van der Waals surface area contributed by atoms with Gasteiger partial charge in [0.05, 0.1) is 4.88 Å². The van der Waals surface area contributed by atoms with Crippen molar-refractivity contribution in [3.05, 3.63) is 34.8 Å². The van der Waals surface area contributed by atoms with Crippen molar-refractivity contribution in [3.63, 3.8) is 0 Å². The fraction of sp³-hybridized carbons (Fsp3) is 0.167. The third kappa shape index (κ3) is 1.59. The molecule has 2 N–H and O–H groups in total. The van der Waals surface area contributed by atoms with Gasteiger partial charge in [0.2, 0.25) is 0 Å². The zero-order valence-corrected chi connectivity index (χ0v) is 10.5. The number of aromatic nitrogens is 3. The Labute approximate surface area is 103 Å². The molecule has 3 rings (SSSR count). The fourth-order valence-electron chi connectivity index (χ4n) is 1.76. The molecule has 0 unspecified atom stereocenters. The molecule has 0 aromatic carbocycles. The van der Waals surface area contributed by atoms with Crippen molar-refractivity contribution in [2.75, 3.05) is 5.73 Å². The first-order chi connectivity index (χ1) is 8.15. The number of anilines is 1. The number of rotatable bonds is 1. The third-order valence-corrected chi connectivity index (χ3v) is 3.96. The number of aryl methyl sites for hydroxylation is 2. The summed E-state index contributed by atoms with van der Waals surface area (Å²) in [5.41, 5.74) is 8.60. The Kier molecular flexibility index (Phi) is 2.16. The number of pyridine rings is 1. The number of nitrogens with two attached hydrogens (primary N) is 1. The number of hydrogen-bond acceptors (Lipinski definition) is 4. The molecule has 5 heteroatoms. The van der Waals surface area contributed by atoms with Crippen molar-refractivity contribution in [1.29, 1.82) is 0 Å². The fourth-order valence-corrected chi connectivity index (χ4v) is 2.77. The molecule has 3 aromatic heterocycles. The van der Waals surface area contributed by atoms with Gasteiger partial charge in [-0.3, -0.25) is 4.40 Å². The van der Waals surface area contributed by atoms with Gasteiger partial charge in [0, 0.05) is 16.8 Å². The van der Waals surface area contributed by atoms with Crippen LogP contribution in [0.15, 0.2) is 24.4 Å². The van der Waals surface area contributed by atoms with Crippen LogP contribution < -0.4 is 5.73 Å². The molecule has 0 radical (unpaired) electrons. The summed E-state index contributed by atoms with van der Waals surface area (Å²) in [5.74, 6) is 0.855. The van der Waals surface area contributed by atoms with Gasteiger partial charge in [-0.25, -0.2) is 0 Å². The van der Waals surface area contributed by atoms with Crippen molar-refractivity contribution in [2.45, 2.75) is 13.8 Å². The maximum absolute atomic E-state index is 5.79. The van der Waals surface area contributed by atoms with E-state index in [0.29, 0.717) is 5.69 Å². The molecular weight excluding hydrogens is 232 g/mol. The van der Waals surface area contributed by atoms with Gasteiger partial charge in [-0.15, -0.1) is 21.5 Å². The summed E-state index contributed by atoms with van der Waals surface area (Å²) in [4.78, 5) is 2.43. The normalized spacial score (nSPS) is 11.2. The molecule has 0 fully saturated rings. The summed E-state index contributed by atoms with van der Waals surface area (Å²) in [6.07, 6.45) is 1.86. The molecule has 0 saturated carbocycles. The summed E-state index contributed by atoms with van der Waals surface area (Å²) in [5, 5.41) is 8.37. The molecule has 3 heterocycles. The van der Waals surface area contributed by atoms with Crippen LogP contribution in [-0.4, -0.2) is 14.6 Å². The van der Waals surface area contributed by atoms with Crippen LogP contribution in [0.4, 0.5) is 5.69 Å². The van der Waals surface area contributed by atoms with E-state index in [0.717, 1.165) is 16.3 Å². The standard InChI is InChI=1S/C12H12N4S/c1-7-5-10(17-8(7)2)12-15-14-11-4-3-9(13)6-16(11)12/h3-6H,13H2,1-2H3. The third-order valence-electron chi connectivity index (χ3n) is 2.81. The Morgan fingerprint density at radius 2 is 2.06 bits per heavy atom. The van der Waals surface area contributed by atoms with E-state index in [4.69, 9.17) is 5.73 Å².